The zero-order chi connectivity index (χ0) is 19.5. The molecule has 0 saturated carbocycles. The molecular formula is C21H19N5OS. The first kappa shape index (κ1) is 18.2. The zero-order valence-electron chi connectivity index (χ0n) is 15.6. The third-order valence-electron chi connectivity index (χ3n) is 4.33. The molecule has 0 spiro atoms. The molecule has 28 heavy (non-hydrogen) atoms. The Balaban J connectivity index is 1.44. The lowest BCUT2D eigenvalue weighted by molar-refractivity contribution is 0.102. The van der Waals surface area contributed by atoms with Crippen molar-refractivity contribution >= 4 is 29.0 Å². The number of benzene rings is 1. The lowest BCUT2D eigenvalue weighted by atomic mass is 10.2. The minimum absolute atomic E-state index is 0.198. The van der Waals surface area contributed by atoms with Crippen LogP contribution in [0, 0.1) is 13.8 Å². The molecule has 1 N–H and O–H groups in total. The van der Waals surface area contributed by atoms with E-state index in [-0.39, 0.29) is 5.91 Å². The van der Waals surface area contributed by atoms with Crippen LogP contribution in [0.5, 0.6) is 0 Å². The maximum Gasteiger partial charge on any atom is 0.259 e. The summed E-state index contributed by atoms with van der Waals surface area (Å²) in [6, 6.07) is 13.7. The van der Waals surface area contributed by atoms with Gasteiger partial charge in [0, 0.05) is 41.0 Å². The van der Waals surface area contributed by atoms with Crippen molar-refractivity contribution in [3.8, 4) is 0 Å². The van der Waals surface area contributed by atoms with Crippen molar-refractivity contribution in [2.24, 2.45) is 0 Å². The molecule has 0 atom stereocenters. The molecular weight excluding hydrogens is 370 g/mol. The van der Waals surface area contributed by atoms with Crippen molar-refractivity contribution in [1.29, 1.82) is 0 Å². The van der Waals surface area contributed by atoms with Gasteiger partial charge < -0.3 is 5.32 Å². The Hall–Kier alpha value is -3.19. The standard InChI is InChI=1S/C21H19N5OS/c1-14-10-20-23-12-19(15(2)26(20)25-14)21(27)24-17-5-7-18(8-6-17)28-13-16-4-3-9-22-11-16/h3-12H,13H2,1-2H3,(H,24,27). The van der Waals surface area contributed by atoms with Crippen LogP contribution in [-0.2, 0) is 5.75 Å². The maximum atomic E-state index is 12.7. The van der Waals surface area contributed by atoms with Crippen LogP contribution in [-0.4, -0.2) is 25.5 Å². The summed E-state index contributed by atoms with van der Waals surface area (Å²) in [5.74, 6) is 0.657. The summed E-state index contributed by atoms with van der Waals surface area (Å²) >= 11 is 1.73. The van der Waals surface area contributed by atoms with Gasteiger partial charge >= 0.3 is 0 Å². The number of fused-ring (bicyclic) bond motifs is 1. The minimum Gasteiger partial charge on any atom is -0.322 e. The molecule has 4 aromatic rings. The second-order valence-electron chi connectivity index (χ2n) is 6.44. The quantitative estimate of drug-likeness (QED) is 0.516. The third kappa shape index (κ3) is 3.89. The molecule has 6 nitrogen and oxygen atoms in total. The predicted octanol–water partition coefficient (Wildman–Crippen LogP) is 4.29. The van der Waals surface area contributed by atoms with Gasteiger partial charge in [-0.2, -0.15) is 5.10 Å². The van der Waals surface area contributed by atoms with E-state index in [1.165, 1.54) is 5.56 Å². The number of carbonyl (C=O) groups excluding carboxylic acids is 1. The fourth-order valence-electron chi connectivity index (χ4n) is 2.87. The molecule has 0 aliphatic carbocycles. The highest BCUT2D eigenvalue weighted by Gasteiger charge is 2.14. The molecule has 1 aromatic carbocycles. The zero-order valence-corrected chi connectivity index (χ0v) is 16.4. The monoisotopic (exact) mass is 389 g/mol. The van der Waals surface area contributed by atoms with Crippen LogP contribution in [0.2, 0.25) is 0 Å². The Kier molecular flexibility index (Phi) is 5.08. The van der Waals surface area contributed by atoms with Gasteiger partial charge in [-0.3, -0.25) is 9.78 Å². The molecule has 0 saturated heterocycles. The normalized spacial score (nSPS) is 10.9. The van der Waals surface area contributed by atoms with Crippen molar-refractivity contribution in [2.75, 3.05) is 5.32 Å². The second kappa shape index (κ2) is 7.82. The number of nitrogens with zero attached hydrogens (tertiary/aromatic N) is 4. The van der Waals surface area contributed by atoms with Crippen molar-refractivity contribution in [2.45, 2.75) is 24.5 Å². The average molecular weight is 389 g/mol. The van der Waals surface area contributed by atoms with Gasteiger partial charge in [0.05, 0.1) is 17.0 Å². The number of aromatic nitrogens is 4. The van der Waals surface area contributed by atoms with Crippen molar-refractivity contribution in [3.05, 3.63) is 83.6 Å². The first-order valence-electron chi connectivity index (χ1n) is 8.85. The lowest BCUT2D eigenvalue weighted by Crippen LogP contribution is -2.16. The number of aryl methyl sites for hydroxylation is 2. The Labute approximate surface area is 167 Å². The summed E-state index contributed by atoms with van der Waals surface area (Å²) in [4.78, 5) is 22.3. The maximum absolute atomic E-state index is 12.7. The van der Waals surface area contributed by atoms with E-state index >= 15 is 0 Å². The topological polar surface area (TPSA) is 72.2 Å². The van der Waals surface area contributed by atoms with Crippen LogP contribution in [0.15, 0.2) is 66.0 Å². The highest BCUT2D eigenvalue weighted by Crippen LogP contribution is 2.24. The van der Waals surface area contributed by atoms with Gasteiger partial charge in [-0.1, -0.05) is 6.07 Å². The van der Waals surface area contributed by atoms with Gasteiger partial charge in [0.2, 0.25) is 0 Å². The summed E-state index contributed by atoms with van der Waals surface area (Å²) in [6.45, 7) is 3.77. The van der Waals surface area contributed by atoms with E-state index in [0.29, 0.717) is 5.56 Å². The van der Waals surface area contributed by atoms with E-state index < -0.39 is 0 Å². The Morgan fingerprint density at radius 3 is 2.71 bits per heavy atom. The van der Waals surface area contributed by atoms with E-state index in [1.54, 1.807) is 28.7 Å². The summed E-state index contributed by atoms with van der Waals surface area (Å²) < 4.78 is 1.70. The van der Waals surface area contributed by atoms with Crippen LogP contribution in [0.25, 0.3) is 5.65 Å². The minimum atomic E-state index is -0.198. The van der Waals surface area contributed by atoms with E-state index in [1.807, 2.05) is 56.4 Å². The molecule has 7 heteroatoms. The van der Waals surface area contributed by atoms with Crippen LogP contribution in [0.4, 0.5) is 5.69 Å². The summed E-state index contributed by atoms with van der Waals surface area (Å²) in [5, 5.41) is 7.32. The van der Waals surface area contributed by atoms with E-state index in [4.69, 9.17) is 0 Å². The van der Waals surface area contributed by atoms with E-state index in [9.17, 15) is 4.79 Å². The van der Waals surface area contributed by atoms with Gasteiger partial charge in [-0.05, 0) is 49.7 Å². The van der Waals surface area contributed by atoms with Crippen molar-refractivity contribution in [1.82, 2.24) is 19.6 Å². The molecule has 0 aliphatic rings. The number of rotatable bonds is 5. The van der Waals surface area contributed by atoms with E-state index in [2.05, 4.69) is 26.4 Å². The Morgan fingerprint density at radius 1 is 1.14 bits per heavy atom. The second-order valence-corrected chi connectivity index (χ2v) is 7.49. The number of anilines is 1. The Morgan fingerprint density at radius 2 is 1.96 bits per heavy atom. The molecule has 0 unspecified atom stereocenters. The number of carbonyl (C=O) groups is 1. The van der Waals surface area contributed by atoms with Crippen molar-refractivity contribution < 1.29 is 4.79 Å². The molecule has 1 amide bonds. The summed E-state index contributed by atoms with van der Waals surface area (Å²) in [7, 11) is 0. The number of pyridine rings is 1. The van der Waals surface area contributed by atoms with E-state index in [0.717, 1.165) is 33.4 Å². The molecule has 0 aliphatic heterocycles. The molecule has 3 aromatic heterocycles. The van der Waals surface area contributed by atoms with Crippen LogP contribution in [0.3, 0.4) is 0 Å². The number of nitrogens with one attached hydrogen (secondary N) is 1. The van der Waals surface area contributed by atoms with Gasteiger partial charge in [0.15, 0.2) is 5.65 Å². The fraction of sp³-hybridized carbons (Fsp3) is 0.143. The van der Waals surface area contributed by atoms with Crippen LogP contribution in [0.1, 0.15) is 27.3 Å². The highest BCUT2D eigenvalue weighted by atomic mass is 32.2. The molecule has 0 radical (unpaired) electrons. The first-order valence-corrected chi connectivity index (χ1v) is 9.84. The van der Waals surface area contributed by atoms with Gasteiger partial charge in [0.25, 0.3) is 5.91 Å². The third-order valence-corrected chi connectivity index (χ3v) is 5.41. The number of amides is 1. The number of hydrogen-bond donors (Lipinski definition) is 1. The number of hydrogen-bond acceptors (Lipinski definition) is 5. The highest BCUT2D eigenvalue weighted by molar-refractivity contribution is 7.98. The Bertz CT molecular complexity index is 1120. The van der Waals surface area contributed by atoms with Gasteiger partial charge in [0.1, 0.15) is 0 Å². The smallest absolute Gasteiger partial charge is 0.259 e. The molecule has 140 valence electrons. The summed E-state index contributed by atoms with van der Waals surface area (Å²) in [5.41, 5.74) is 4.79. The van der Waals surface area contributed by atoms with Gasteiger partial charge in [-0.25, -0.2) is 9.50 Å². The molecule has 4 rings (SSSR count). The molecule has 0 fully saturated rings. The fourth-order valence-corrected chi connectivity index (χ4v) is 3.70. The van der Waals surface area contributed by atoms with Crippen LogP contribution < -0.4 is 5.32 Å². The van der Waals surface area contributed by atoms with Gasteiger partial charge in [-0.15, -0.1) is 11.8 Å². The SMILES string of the molecule is Cc1cc2ncc(C(=O)Nc3ccc(SCc4cccnc4)cc3)c(C)n2n1. The molecule has 0 bridgehead atoms. The van der Waals surface area contributed by atoms with Crippen molar-refractivity contribution in [3.63, 3.8) is 0 Å². The predicted molar refractivity (Wildman–Crippen MR) is 111 cm³/mol. The first-order chi connectivity index (χ1) is 13.6. The number of thioether (sulfide) groups is 1. The largest absolute Gasteiger partial charge is 0.322 e. The molecule has 3 heterocycles. The summed E-state index contributed by atoms with van der Waals surface area (Å²) in [6.07, 6.45) is 5.24. The average Bonchev–Trinajstić information content (AvgIpc) is 3.10. The van der Waals surface area contributed by atoms with Crippen LogP contribution >= 0.6 is 11.8 Å². The lowest BCUT2D eigenvalue weighted by Gasteiger charge is -2.09.